The zero-order valence-corrected chi connectivity index (χ0v) is 19.7. The molecule has 1 amide bonds. The fraction of sp³-hybridized carbons (Fsp3) is 0.364. The van der Waals surface area contributed by atoms with Crippen LogP contribution >= 0.6 is 0 Å². The summed E-state index contributed by atoms with van der Waals surface area (Å²) in [6, 6.07) is 8.10. The van der Waals surface area contributed by atoms with E-state index in [1.54, 1.807) is 24.3 Å². The van der Waals surface area contributed by atoms with E-state index in [1.807, 2.05) is 4.90 Å². The summed E-state index contributed by atoms with van der Waals surface area (Å²) in [6.45, 7) is 3.50. The average molecular weight is 500 g/mol. The molecule has 35 heavy (non-hydrogen) atoms. The van der Waals surface area contributed by atoms with Gasteiger partial charge in [-0.1, -0.05) is 0 Å². The molecule has 0 unspecified atom stereocenters. The highest BCUT2D eigenvalue weighted by Gasteiger charge is 2.29. The highest BCUT2D eigenvalue weighted by molar-refractivity contribution is 7.89. The Morgan fingerprint density at radius 2 is 1.71 bits per heavy atom. The van der Waals surface area contributed by atoms with Crippen molar-refractivity contribution >= 4 is 27.3 Å². The molecular formula is C22H25N7O5S. The summed E-state index contributed by atoms with van der Waals surface area (Å²) < 4.78 is 40.1. The molecular weight excluding hydrogens is 474 g/mol. The van der Waals surface area contributed by atoms with Crippen LogP contribution in [0.3, 0.4) is 0 Å². The molecule has 2 fully saturated rings. The number of ether oxygens (including phenoxy) is 2. The lowest BCUT2D eigenvalue weighted by atomic mass is 10.1. The van der Waals surface area contributed by atoms with Crippen molar-refractivity contribution in [2.45, 2.75) is 4.90 Å². The third-order valence-corrected chi connectivity index (χ3v) is 7.73. The van der Waals surface area contributed by atoms with Crippen molar-refractivity contribution in [1.29, 1.82) is 0 Å². The molecule has 3 aromatic rings. The maximum atomic E-state index is 13.4. The van der Waals surface area contributed by atoms with Crippen LogP contribution in [0, 0.1) is 0 Å². The van der Waals surface area contributed by atoms with Crippen LogP contribution in [0.4, 0.5) is 11.4 Å². The van der Waals surface area contributed by atoms with Crippen LogP contribution in [0.15, 0.2) is 54.1 Å². The Hall–Kier alpha value is -3.39. The Morgan fingerprint density at radius 3 is 2.37 bits per heavy atom. The Balaban J connectivity index is 1.44. The molecule has 2 saturated heterocycles. The minimum Gasteiger partial charge on any atom is -0.379 e. The monoisotopic (exact) mass is 499 g/mol. The maximum absolute atomic E-state index is 13.4. The number of amides is 1. The number of nitrogens with one attached hydrogen (secondary N) is 1. The number of hydrogen-bond donors (Lipinski definition) is 1. The molecule has 0 atom stereocenters. The van der Waals surface area contributed by atoms with Gasteiger partial charge in [0.1, 0.15) is 12.7 Å². The predicted octanol–water partition coefficient (Wildman–Crippen LogP) is 0.772. The van der Waals surface area contributed by atoms with E-state index < -0.39 is 15.9 Å². The first kappa shape index (κ1) is 23.4. The Labute approximate surface area is 202 Å². The van der Waals surface area contributed by atoms with E-state index >= 15 is 0 Å². The number of anilines is 2. The van der Waals surface area contributed by atoms with Crippen LogP contribution in [0.5, 0.6) is 0 Å². The number of carbonyl (C=O) groups is 1. The van der Waals surface area contributed by atoms with E-state index in [1.165, 1.54) is 33.9 Å². The number of benzene rings is 1. The maximum Gasteiger partial charge on any atom is 0.257 e. The summed E-state index contributed by atoms with van der Waals surface area (Å²) in [5.74, 6) is 0.119. The molecule has 0 spiro atoms. The molecule has 0 saturated carbocycles. The second-order valence-corrected chi connectivity index (χ2v) is 9.93. The van der Waals surface area contributed by atoms with Gasteiger partial charge in [-0.25, -0.2) is 23.1 Å². The van der Waals surface area contributed by atoms with Crippen LogP contribution in [0.2, 0.25) is 0 Å². The van der Waals surface area contributed by atoms with Crippen molar-refractivity contribution < 1.29 is 22.7 Å². The first-order chi connectivity index (χ1) is 17.0. The standard InChI is InChI=1S/C22H25N7O5S/c30-22(26-17-1-4-21(24-14-17)29-16-23-15-25-29)19-13-18(35(31,32)28-7-11-34-12-8-28)2-3-20(19)27-5-9-33-10-6-27/h1-4,13-16H,5-12H2,(H,26,30). The van der Waals surface area contributed by atoms with E-state index in [-0.39, 0.29) is 23.5 Å². The summed E-state index contributed by atoms with van der Waals surface area (Å²) in [6.07, 6.45) is 4.44. The summed E-state index contributed by atoms with van der Waals surface area (Å²) in [7, 11) is -3.77. The minimum atomic E-state index is -3.77. The lowest BCUT2D eigenvalue weighted by Gasteiger charge is -2.31. The van der Waals surface area contributed by atoms with E-state index in [0.717, 1.165) is 0 Å². The molecule has 5 rings (SSSR count). The van der Waals surface area contributed by atoms with Crippen molar-refractivity contribution in [3.63, 3.8) is 0 Å². The van der Waals surface area contributed by atoms with Crippen LogP contribution in [-0.2, 0) is 19.5 Å². The quantitative estimate of drug-likeness (QED) is 0.522. The van der Waals surface area contributed by atoms with E-state index in [0.29, 0.717) is 56.7 Å². The Morgan fingerprint density at radius 1 is 0.971 bits per heavy atom. The molecule has 4 heterocycles. The number of aromatic nitrogens is 4. The molecule has 2 aromatic heterocycles. The molecule has 0 bridgehead atoms. The smallest absolute Gasteiger partial charge is 0.257 e. The number of nitrogens with zero attached hydrogens (tertiary/aromatic N) is 6. The second kappa shape index (κ2) is 10.1. The second-order valence-electron chi connectivity index (χ2n) is 7.99. The Bertz CT molecular complexity index is 1270. The number of rotatable bonds is 6. The fourth-order valence-electron chi connectivity index (χ4n) is 3.99. The zero-order valence-electron chi connectivity index (χ0n) is 18.9. The van der Waals surface area contributed by atoms with Crippen molar-refractivity contribution in [2.24, 2.45) is 0 Å². The normalized spacial score (nSPS) is 17.3. The molecule has 0 radical (unpaired) electrons. The van der Waals surface area contributed by atoms with Crippen molar-refractivity contribution in [2.75, 3.05) is 62.8 Å². The highest BCUT2D eigenvalue weighted by atomic mass is 32.2. The van der Waals surface area contributed by atoms with Crippen LogP contribution in [0.1, 0.15) is 10.4 Å². The van der Waals surface area contributed by atoms with Gasteiger partial charge in [-0.3, -0.25) is 4.79 Å². The molecule has 2 aliphatic rings. The third-order valence-electron chi connectivity index (χ3n) is 5.83. The van der Waals surface area contributed by atoms with Crippen LogP contribution < -0.4 is 10.2 Å². The summed E-state index contributed by atoms with van der Waals surface area (Å²) in [4.78, 5) is 23.7. The fourth-order valence-corrected chi connectivity index (χ4v) is 5.43. The van der Waals surface area contributed by atoms with E-state index in [2.05, 4.69) is 20.4 Å². The lowest BCUT2D eigenvalue weighted by molar-refractivity contribution is 0.0730. The van der Waals surface area contributed by atoms with E-state index in [9.17, 15) is 13.2 Å². The van der Waals surface area contributed by atoms with Gasteiger partial charge in [-0.05, 0) is 30.3 Å². The van der Waals surface area contributed by atoms with Gasteiger partial charge < -0.3 is 19.7 Å². The van der Waals surface area contributed by atoms with Crippen LogP contribution in [-0.4, -0.2) is 91.0 Å². The zero-order chi connectivity index (χ0) is 24.3. The molecule has 184 valence electrons. The van der Waals surface area contributed by atoms with Gasteiger partial charge >= 0.3 is 0 Å². The van der Waals surface area contributed by atoms with Gasteiger partial charge in [0.05, 0.1) is 48.8 Å². The largest absolute Gasteiger partial charge is 0.379 e. The minimum absolute atomic E-state index is 0.0706. The van der Waals surface area contributed by atoms with E-state index in [4.69, 9.17) is 9.47 Å². The summed E-state index contributed by atoms with van der Waals surface area (Å²) in [5.41, 5.74) is 1.38. The molecule has 13 heteroatoms. The van der Waals surface area contributed by atoms with Gasteiger partial charge in [0, 0.05) is 31.9 Å². The lowest BCUT2D eigenvalue weighted by Crippen LogP contribution is -2.41. The van der Waals surface area contributed by atoms with Crippen molar-refractivity contribution in [1.82, 2.24) is 24.1 Å². The van der Waals surface area contributed by atoms with Crippen molar-refractivity contribution in [3.05, 3.63) is 54.7 Å². The SMILES string of the molecule is O=C(Nc1ccc(-n2cncn2)nc1)c1cc(S(=O)(=O)N2CCOCC2)ccc1N1CCOCC1. The molecule has 2 aliphatic heterocycles. The van der Waals surface area contributed by atoms with Gasteiger partial charge in [-0.15, -0.1) is 0 Å². The Kier molecular flexibility index (Phi) is 6.72. The highest BCUT2D eigenvalue weighted by Crippen LogP contribution is 2.28. The number of morpholine rings is 2. The third kappa shape index (κ3) is 5.03. The topological polar surface area (TPSA) is 132 Å². The van der Waals surface area contributed by atoms with Gasteiger partial charge in [0.25, 0.3) is 5.91 Å². The van der Waals surface area contributed by atoms with Crippen LogP contribution in [0.25, 0.3) is 5.82 Å². The summed E-state index contributed by atoms with van der Waals surface area (Å²) in [5, 5.41) is 6.87. The summed E-state index contributed by atoms with van der Waals surface area (Å²) >= 11 is 0. The van der Waals surface area contributed by atoms with Crippen molar-refractivity contribution in [3.8, 4) is 5.82 Å². The number of hydrogen-bond acceptors (Lipinski definition) is 9. The molecule has 1 N–H and O–H groups in total. The molecule has 0 aliphatic carbocycles. The number of sulfonamides is 1. The first-order valence-corrected chi connectivity index (χ1v) is 12.6. The van der Waals surface area contributed by atoms with Gasteiger partial charge in [0.2, 0.25) is 10.0 Å². The average Bonchev–Trinajstić information content (AvgIpc) is 3.45. The van der Waals surface area contributed by atoms with Gasteiger partial charge in [-0.2, -0.15) is 9.40 Å². The number of carbonyl (C=O) groups excluding carboxylic acids is 1. The predicted molar refractivity (Wildman–Crippen MR) is 126 cm³/mol. The first-order valence-electron chi connectivity index (χ1n) is 11.2. The molecule has 1 aromatic carbocycles. The molecule has 12 nitrogen and oxygen atoms in total. The number of pyridine rings is 1. The van der Waals surface area contributed by atoms with Gasteiger partial charge in [0.15, 0.2) is 5.82 Å².